The molecule has 13 nitrogen and oxygen atoms in total. The number of methoxy groups -OCH3 is 2. The molecule has 3 rings (SSSR count). The minimum atomic E-state index is -4.07. The predicted molar refractivity (Wildman–Crippen MR) is 130 cm³/mol. The highest BCUT2D eigenvalue weighted by atomic mass is 35.5. The van der Waals surface area contributed by atoms with E-state index in [1.54, 1.807) is 11.7 Å². The number of hydrogen-bond donors (Lipinski definition) is 1. The maximum Gasteiger partial charge on any atom is 0.240 e. The van der Waals surface area contributed by atoms with Crippen LogP contribution in [0.15, 0.2) is 12.4 Å². The topological polar surface area (TPSA) is 149 Å². The molecule has 1 N–H and O–H groups in total. The van der Waals surface area contributed by atoms with Gasteiger partial charge in [0, 0.05) is 39.6 Å². The maximum atomic E-state index is 13.5. The zero-order chi connectivity index (χ0) is 26.1. The van der Waals surface area contributed by atoms with Gasteiger partial charge in [-0.25, -0.2) is 18.4 Å². The largest absolute Gasteiger partial charge is 0.385 e. The number of sulfonamides is 1. The third kappa shape index (κ3) is 7.09. The molecule has 2 aromatic rings. The second-order valence-electron chi connectivity index (χ2n) is 8.06. The van der Waals surface area contributed by atoms with Crippen molar-refractivity contribution in [3.05, 3.63) is 29.1 Å². The molecule has 1 unspecified atom stereocenters. The van der Waals surface area contributed by atoms with Gasteiger partial charge in [0.15, 0.2) is 11.6 Å². The lowest BCUT2D eigenvalue weighted by atomic mass is 10.2. The van der Waals surface area contributed by atoms with Gasteiger partial charge in [0.05, 0.1) is 31.5 Å². The Bertz CT molecular complexity index is 1050. The third-order valence-electron chi connectivity index (χ3n) is 5.50. The number of ether oxygens (including phenoxy) is 5. The van der Waals surface area contributed by atoms with E-state index in [1.807, 2.05) is 6.92 Å². The van der Waals surface area contributed by atoms with Crippen LogP contribution in [0, 0.1) is 0 Å². The van der Waals surface area contributed by atoms with Crippen molar-refractivity contribution in [2.75, 3.05) is 52.0 Å². The molecule has 202 valence electrons. The number of hydrogen-bond acceptors (Lipinski definition) is 11. The van der Waals surface area contributed by atoms with Crippen molar-refractivity contribution in [2.24, 2.45) is 0 Å². The van der Waals surface area contributed by atoms with E-state index in [-0.39, 0.29) is 18.4 Å². The van der Waals surface area contributed by atoms with Gasteiger partial charge >= 0.3 is 0 Å². The molecule has 0 aliphatic carbocycles. The molecule has 2 aromatic heterocycles. The summed E-state index contributed by atoms with van der Waals surface area (Å²) in [6, 6.07) is 0. The average Bonchev–Trinajstić information content (AvgIpc) is 3.28. The highest BCUT2D eigenvalue weighted by molar-refractivity contribution is 7.93. The number of halogens is 1. The molecule has 0 aromatic carbocycles. The van der Waals surface area contributed by atoms with Crippen LogP contribution < -0.4 is 4.72 Å². The molecular formula is C21H33ClN6O7S. The van der Waals surface area contributed by atoms with Gasteiger partial charge in [-0.05, 0) is 13.3 Å². The van der Waals surface area contributed by atoms with Gasteiger partial charge in [0.2, 0.25) is 16.0 Å². The van der Waals surface area contributed by atoms with E-state index in [1.165, 1.54) is 26.4 Å². The van der Waals surface area contributed by atoms with Gasteiger partial charge in [-0.1, -0.05) is 18.5 Å². The molecule has 0 amide bonds. The Morgan fingerprint density at radius 3 is 2.58 bits per heavy atom. The summed E-state index contributed by atoms with van der Waals surface area (Å²) < 4.78 is 59.2. The fraction of sp³-hybridized carbons (Fsp3) is 0.714. The number of aromatic nitrogens is 5. The number of anilines is 1. The Hall–Kier alpha value is -1.94. The zero-order valence-corrected chi connectivity index (χ0v) is 22.4. The molecule has 36 heavy (non-hydrogen) atoms. The Labute approximate surface area is 215 Å². The van der Waals surface area contributed by atoms with E-state index < -0.39 is 33.7 Å². The summed E-state index contributed by atoms with van der Waals surface area (Å²) in [5, 5.41) is 7.57. The molecule has 0 radical (unpaired) electrons. The van der Waals surface area contributed by atoms with Crippen LogP contribution in [0.3, 0.4) is 0 Å². The molecule has 0 bridgehead atoms. The minimum Gasteiger partial charge on any atom is -0.385 e. The summed E-state index contributed by atoms with van der Waals surface area (Å²) in [6.07, 6.45) is 1.78. The van der Waals surface area contributed by atoms with Crippen LogP contribution in [-0.2, 0) is 33.7 Å². The van der Waals surface area contributed by atoms with Crippen LogP contribution in [0.4, 0.5) is 5.95 Å². The van der Waals surface area contributed by atoms with Crippen LogP contribution in [0.25, 0.3) is 0 Å². The Balaban J connectivity index is 1.94. The van der Waals surface area contributed by atoms with E-state index in [2.05, 4.69) is 24.9 Å². The van der Waals surface area contributed by atoms with Crippen molar-refractivity contribution in [2.45, 2.75) is 50.4 Å². The first-order valence-electron chi connectivity index (χ1n) is 11.6. The van der Waals surface area contributed by atoms with E-state index >= 15 is 0 Å². The molecule has 3 heterocycles. The maximum absolute atomic E-state index is 13.5. The first-order chi connectivity index (χ1) is 17.3. The SMILES string of the molecule is CCCO[C@@H](c1ncc(Cl)cn1)[C@H](C)S(=O)(=O)Nc1nnc([C@@H]2COCCO2)n1C(CCOC)OC. The fourth-order valence-electron chi connectivity index (χ4n) is 3.60. The fourth-order valence-corrected chi connectivity index (χ4v) is 4.80. The van der Waals surface area contributed by atoms with Gasteiger partial charge in [-0.3, -0.25) is 9.29 Å². The number of nitrogens with one attached hydrogen (secondary N) is 1. The van der Waals surface area contributed by atoms with Crippen molar-refractivity contribution in [3.8, 4) is 0 Å². The van der Waals surface area contributed by atoms with E-state index in [4.69, 9.17) is 35.3 Å². The van der Waals surface area contributed by atoms with Crippen molar-refractivity contribution >= 4 is 27.6 Å². The third-order valence-corrected chi connectivity index (χ3v) is 7.39. The van der Waals surface area contributed by atoms with Gasteiger partial charge in [-0.2, -0.15) is 0 Å². The lowest BCUT2D eigenvalue weighted by molar-refractivity contribution is -0.0982. The first kappa shape index (κ1) is 28.6. The smallest absolute Gasteiger partial charge is 0.240 e. The van der Waals surface area contributed by atoms with Crippen molar-refractivity contribution < 1.29 is 32.1 Å². The first-order valence-corrected chi connectivity index (χ1v) is 13.5. The highest BCUT2D eigenvalue weighted by Crippen LogP contribution is 2.30. The van der Waals surface area contributed by atoms with Crippen molar-refractivity contribution in [1.82, 2.24) is 24.7 Å². The molecular weight excluding hydrogens is 516 g/mol. The normalized spacial score (nSPS) is 19.1. The van der Waals surface area contributed by atoms with E-state index in [0.717, 1.165) is 0 Å². The lowest BCUT2D eigenvalue weighted by Gasteiger charge is -2.27. The summed E-state index contributed by atoms with van der Waals surface area (Å²) in [4.78, 5) is 8.35. The summed E-state index contributed by atoms with van der Waals surface area (Å²) in [5.41, 5.74) is 0. The predicted octanol–water partition coefficient (Wildman–Crippen LogP) is 2.29. The quantitative estimate of drug-likeness (QED) is 0.370. The number of rotatable bonds is 14. The Kier molecular flexibility index (Phi) is 10.8. The Morgan fingerprint density at radius 2 is 1.97 bits per heavy atom. The number of nitrogens with zero attached hydrogens (tertiary/aromatic N) is 5. The van der Waals surface area contributed by atoms with Crippen LogP contribution in [0.5, 0.6) is 0 Å². The standard InChI is InChI=1S/C21H33ClN6O7S/c1-5-7-35-18(19-23-11-15(22)12-24-19)14(2)36(29,30)27-21-26-25-20(16-13-33-9-10-34-16)28(21)17(32-4)6-8-31-3/h11-12,14,16-18H,5-10,13H2,1-4H3,(H,26,27)/t14-,16-,17?,18+/m0/s1. The van der Waals surface area contributed by atoms with E-state index in [9.17, 15) is 8.42 Å². The summed E-state index contributed by atoms with van der Waals surface area (Å²) in [7, 11) is -0.996. The van der Waals surface area contributed by atoms with E-state index in [0.29, 0.717) is 50.1 Å². The van der Waals surface area contributed by atoms with Crippen LogP contribution in [-0.4, -0.2) is 85.7 Å². The summed E-state index contributed by atoms with van der Waals surface area (Å²) in [6.45, 7) is 5.21. The lowest BCUT2D eigenvalue weighted by Crippen LogP contribution is -2.35. The molecule has 4 atom stereocenters. The highest BCUT2D eigenvalue weighted by Gasteiger charge is 2.36. The molecule has 1 saturated heterocycles. The molecule has 1 aliphatic rings. The molecule has 0 saturated carbocycles. The van der Waals surface area contributed by atoms with Gasteiger partial charge < -0.3 is 23.7 Å². The molecule has 1 aliphatic heterocycles. The van der Waals surface area contributed by atoms with Crippen LogP contribution >= 0.6 is 11.6 Å². The molecule has 1 fully saturated rings. The second-order valence-corrected chi connectivity index (χ2v) is 10.5. The van der Waals surface area contributed by atoms with Crippen molar-refractivity contribution in [3.63, 3.8) is 0 Å². The van der Waals surface area contributed by atoms with Gasteiger partial charge in [0.25, 0.3) is 0 Å². The molecule has 15 heteroatoms. The Morgan fingerprint density at radius 1 is 1.22 bits per heavy atom. The summed E-state index contributed by atoms with van der Waals surface area (Å²) >= 11 is 5.91. The summed E-state index contributed by atoms with van der Waals surface area (Å²) in [5.74, 6) is 0.554. The zero-order valence-electron chi connectivity index (χ0n) is 20.8. The van der Waals surface area contributed by atoms with Crippen LogP contribution in [0.1, 0.15) is 56.8 Å². The minimum absolute atomic E-state index is 0.0276. The van der Waals surface area contributed by atoms with Gasteiger partial charge in [0.1, 0.15) is 23.7 Å². The van der Waals surface area contributed by atoms with Gasteiger partial charge in [-0.15, -0.1) is 10.2 Å². The second kappa shape index (κ2) is 13.6. The molecule has 0 spiro atoms. The van der Waals surface area contributed by atoms with Crippen LogP contribution in [0.2, 0.25) is 5.02 Å². The average molecular weight is 549 g/mol. The monoisotopic (exact) mass is 548 g/mol. The van der Waals surface area contributed by atoms with Crippen molar-refractivity contribution in [1.29, 1.82) is 0 Å².